The zero-order valence-electron chi connectivity index (χ0n) is 11.3. The average Bonchev–Trinajstić information content (AvgIpc) is 3.06. The smallest absolute Gasteiger partial charge is 0.152 e. The zero-order valence-corrected chi connectivity index (χ0v) is 12.0. The maximum absolute atomic E-state index is 13.7. The van der Waals surface area contributed by atoms with Crippen molar-refractivity contribution in [1.29, 1.82) is 0 Å². The highest BCUT2D eigenvalue weighted by Crippen LogP contribution is 2.25. The van der Waals surface area contributed by atoms with Crippen LogP contribution in [0.1, 0.15) is 11.3 Å². The zero-order chi connectivity index (χ0) is 14.8. The van der Waals surface area contributed by atoms with Crippen LogP contribution in [0.2, 0.25) is 5.02 Å². The van der Waals surface area contributed by atoms with Crippen LogP contribution < -0.4 is 5.32 Å². The van der Waals surface area contributed by atoms with Gasteiger partial charge in [-0.25, -0.2) is 4.39 Å². The van der Waals surface area contributed by atoms with Gasteiger partial charge in [0.25, 0.3) is 0 Å². The summed E-state index contributed by atoms with van der Waals surface area (Å²) in [7, 11) is 0. The molecule has 2 aromatic heterocycles. The molecule has 21 heavy (non-hydrogen) atoms. The summed E-state index contributed by atoms with van der Waals surface area (Å²) in [5.74, 6) is 1.14. The van der Waals surface area contributed by atoms with E-state index in [4.69, 9.17) is 16.0 Å². The molecule has 1 aromatic carbocycles. The lowest BCUT2D eigenvalue weighted by Crippen LogP contribution is -2.01. The molecule has 0 aliphatic heterocycles. The number of halogens is 2. The van der Waals surface area contributed by atoms with Crippen LogP contribution in [0.25, 0.3) is 11.5 Å². The lowest BCUT2D eigenvalue weighted by molar-refractivity contribution is 0.545. The van der Waals surface area contributed by atoms with Crippen LogP contribution in [-0.4, -0.2) is 10.2 Å². The van der Waals surface area contributed by atoms with Gasteiger partial charge < -0.3 is 9.73 Å². The molecule has 0 fully saturated rings. The molecule has 4 nitrogen and oxygen atoms in total. The Labute approximate surface area is 125 Å². The number of aromatic nitrogens is 2. The monoisotopic (exact) mass is 305 g/mol. The largest absolute Gasteiger partial charge is 0.460 e. The topological polar surface area (TPSA) is 53.9 Å². The number of hydrogen-bond acceptors (Lipinski definition) is 3. The first-order valence-electron chi connectivity index (χ1n) is 6.41. The van der Waals surface area contributed by atoms with E-state index in [-0.39, 0.29) is 5.82 Å². The molecule has 0 saturated carbocycles. The SMILES string of the molecule is Cc1ccc(-c2[nH]ncc2CNc2ccc(Cl)cc2F)o1. The summed E-state index contributed by atoms with van der Waals surface area (Å²) in [6.45, 7) is 2.30. The maximum atomic E-state index is 13.7. The number of rotatable bonds is 4. The van der Waals surface area contributed by atoms with Gasteiger partial charge in [-0.3, -0.25) is 5.10 Å². The minimum Gasteiger partial charge on any atom is -0.460 e. The second-order valence-electron chi connectivity index (χ2n) is 4.66. The van der Waals surface area contributed by atoms with Crippen molar-refractivity contribution in [2.24, 2.45) is 0 Å². The van der Waals surface area contributed by atoms with Gasteiger partial charge in [-0.1, -0.05) is 11.6 Å². The summed E-state index contributed by atoms with van der Waals surface area (Å²) in [4.78, 5) is 0. The van der Waals surface area contributed by atoms with Crippen LogP contribution >= 0.6 is 11.6 Å². The van der Waals surface area contributed by atoms with E-state index in [1.54, 1.807) is 18.3 Å². The predicted molar refractivity (Wildman–Crippen MR) is 79.8 cm³/mol. The number of nitrogens with zero attached hydrogens (tertiary/aromatic N) is 1. The molecule has 0 aliphatic carbocycles. The third-order valence-electron chi connectivity index (χ3n) is 3.11. The predicted octanol–water partition coefficient (Wildman–Crippen LogP) is 4.38. The minimum atomic E-state index is -0.388. The molecular weight excluding hydrogens is 293 g/mol. The van der Waals surface area contributed by atoms with Crippen molar-refractivity contribution in [1.82, 2.24) is 10.2 Å². The molecule has 6 heteroatoms. The van der Waals surface area contributed by atoms with Gasteiger partial charge in [0, 0.05) is 17.1 Å². The standard InChI is InChI=1S/C15H13ClFN3O/c1-9-2-5-14(21-9)15-10(8-19-20-15)7-18-13-4-3-11(16)6-12(13)17/h2-6,8,18H,7H2,1H3,(H,19,20). The lowest BCUT2D eigenvalue weighted by Gasteiger charge is -2.07. The Balaban J connectivity index is 1.79. The van der Waals surface area contributed by atoms with Gasteiger partial charge in [0.05, 0.1) is 11.9 Å². The average molecular weight is 306 g/mol. The Morgan fingerprint density at radius 1 is 1.33 bits per heavy atom. The number of nitrogens with one attached hydrogen (secondary N) is 2. The first-order valence-corrected chi connectivity index (χ1v) is 6.79. The molecule has 0 atom stereocenters. The summed E-state index contributed by atoms with van der Waals surface area (Å²) in [6, 6.07) is 8.27. The fourth-order valence-corrected chi connectivity index (χ4v) is 2.21. The highest BCUT2D eigenvalue weighted by Gasteiger charge is 2.11. The van der Waals surface area contributed by atoms with E-state index >= 15 is 0 Å². The summed E-state index contributed by atoms with van der Waals surface area (Å²) in [6.07, 6.45) is 1.69. The van der Waals surface area contributed by atoms with Crippen LogP contribution in [0.4, 0.5) is 10.1 Å². The first-order chi connectivity index (χ1) is 10.1. The third-order valence-corrected chi connectivity index (χ3v) is 3.34. The molecule has 0 unspecified atom stereocenters. The van der Waals surface area contributed by atoms with E-state index in [2.05, 4.69) is 15.5 Å². The van der Waals surface area contributed by atoms with Crippen molar-refractivity contribution in [2.45, 2.75) is 13.5 Å². The highest BCUT2D eigenvalue weighted by molar-refractivity contribution is 6.30. The van der Waals surface area contributed by atoms with E-state index in [0.717, 1.165) is 17.0 Å². The second-order valence-corrected chi connectivity index (χ2v) is 5.09. The Hall–Kier alpha value is -2.27. The van der Waals surface area contributed by atoms with Gasteiger partial charge in [-0.05, 0) is 37.3 Å². The van der Waals surface area contributed by atoms with Crippen molar-refractivity contribution in [3.63, 3.8) is 0 Å². The van der Waals surface area contributed by atoms with Gasteiger partial charge in [0.2, 0.25) is 0 Å². The van der Waals surface area contributed by atoms with E-state index in [1.165, 1.54) is 6.07 Å². The van der Waals surface area contributed by atoms with E-state index in [0.29, 0.717) is 23.0 Å². The molecule has 0 aliphatic rings. The number of anilines is 1. The van der Waals surface area contributed by atoms with E-state index in [1.807, 2.05) is 19.1 Å². The first kappa shape index (κ1) is 13.7. The quantitative estimate of drug-likeness (QED) is 0.752. The highest BCUT2D eigenvalue weighted by atomic mass is 35.5. The van der Waals surface area contributed by atoms with Crippen LogP contribution in [0.5, 0.6) is 0 Å². The molecule has 108 valence electrons. The molecule has 0 amide bonds. The molecule has 3 rings (SSSR count). The van der Waals surface area contributed by atoms with Gasteiger partial charge in [0.15, 0.2) is 5.76 Å². The molecule has 0 radical (unpaired) electrons. The number of aryl methyl sites for hydroxylation is 1. The minimum absolute atomic E-state index is 0.369. The van der Waals surface area contributed by atoms with E-state index in [9.17, 15) is 4.39 Å². The second kappa shape index (κ2) is 5.61. The Bertz CT molecular complexity index is 766. The van der Waals surface area contributed by atoms with Crippen molar-refractivity contribution in [2.75, 3.05) is 5.32 Å². The fourth-order valence-electron chi connectivity index (χ4n) is 2.05. The molecule has 3 aromatic rings. The van der Waals surface area contributed by atoms with Crippen molar-refractivity contribution >= 4 is 17.3 Å². The van der Waals surface area contributed by atoms with Crippen molar-refractivity contribution in [3.8, 4) is 11.5 Å². The van der Waals surface area contributed by atoms with Gasteiger partial charge in [-0.2, -0.15) is 5.10 Å². The molecule has 2 N–H and O–H groups in total. The summed E-state index contributed by atoms with van der Waals surface area (Å²) >= 11 is 5.73. The Morgan fingerprint density at radius 3 is 2.90 bits per heavy atom. The van der Waals surface area contributed by atoms with Crippen LogP contribution in [0.15, 0.2) is 40.9 Å². The number of benzene rings is 1. The Kier molecular flexibility index (Phi) is 3.66. The number of hydrogen-bond donors (Lipinski definition) is 2. The van der Waals surface area contributed by atoms with Crippen LogP contribution in [-0.2, 0) is 6.54 Å². The summed E-state index contributed by atoms with van der Waals surface area (Å²) < 4.78 is 19.3. The maximum Gasteiger partial charge on any atom is 0.152 e. The molecule has 0 saturated heterocycles. The lowest BCUT2D eigenvalue weighted by atomic mass is 10.2. The third kappa shape index (κ3) is 2.92. The van der Waals surface area contributed by atoms with Crippen LogP contribution in [0.3, 0.4) is 0 Å². The number of H-pyrrole nitrogens is 1. The fraction of sp³-hybridized carbons (Fsp3) is 0.133. The number of aromatic amines is 1. The van der Waals surface area contributed by atoms with Crippen LogP contribution in [0, 0.1) is 12.7 Å². The van der Waals surface area contributed by atoms with Crippen molar-refractivity contribution < 1.29 is 8.81 Å². The van der Waals surface area contributed by atoms with E-state index < -0.39 is 0 Å². The molecule has 0 spiro atoms. The Morgan fingerprint density at radius 2 is 2.19 bits per heavy atom. The van der Waals surface area contributed by atoms with Gasteiger partial charge in [0.1, 0.15) is 17.3 Å². The normalized spacial score (nSPS) is 10.8. The van der Waals surface area contributed by atoms with Crippen molar-refractivity contribution in [3.05, 3.63) is 58.7 Å². The molecular formula is C15H13ClFN3O. The molecule has 2 heterocycles. The number of furan rings is 1. The summed E-state index contributed by atoms with van der Waals surface area (Å²) in [5.41, 5.74) is 2.06. The van der Waals surface area contributed by atoms with Gasteiger partial charge >= 0.3 is 0 Å². The van der Waals surface area contributed by atoms with Gasteiger partial charge in [-0.15, -0.1) is 0 Å². The summed E-state index contributed by atoms with van der Waals surface area (Å²) in [5, 5.41) is 10.3. The molecule has 0 bridgehead atoms.